The zero-order chi connectivity index (χ0) is 26.1. The molecule has 1 aliphatic heterocycles. The second-order valence-corrected chi connectivity index (χ2v) is 11.7. The summed E-state index contributed by atoms with van der Waals surface area (Å²) in [5, 5.41) is 0.707. The van der Waals surface area contributed by atoms with Gasteiger partial charge in [-0.05, 0) is 42.6 Å². The third-order valence-corrected chi connectivity index (χ3v) is 8.61. The summed E-state index contributed by atoms with van der Waals surface area (Å²) in [6.07, 6.45) is -3.37. The standard InChI is InChI=1S/C22H21ClF4N4O3S2/c1-21(6-10-34-11-7-21)19-30-17(18(35-19)15-5-9-28-20(23)29-15)13-3-2-4-14(16(13)24)31-36(32,33)12-8-22(25,26)27/h2-5,9,31H,6-8,10-12H2,1H3. The largest absolute Gasteiger partial charge is 0.390 e. The molecular formula is C22H21ClF4N4O3S2. The van der Waals surface area contributed by atoms with Gasteiger partial charge in [0, 0.05) is 30.4 Å². The molecule has 0 saturated carbocycles. The average Bonchev–Trinajstić information content (AvgIpc) is 3.26. The lowest BCUT2D eigenvalue weighted by Gasteiger charge is -2.31. The molecule has 0 aliphatic carbocycles. The van der Waals surface area contributed by atoms with Gasteiger partial charge in [-0.3, -0.25) is 4.72 Å². The molecule has 1 saturated heterocycles. The van der Waals surface area contributed by atoms with Crippen LogP contribution in [0.25, 0.3) is 21.8 Å². The molecule has 0 radical (unpaired) electrons. The van der Waals surface area contributed by atoms with Crippen molar-refractivity contribution < 1.29 is 30.7 Å². The number of ether oxygens (including phenoxy) is 1. The van der Waals surface area contributed by atoms with Crippen molar-refractivity contribution in [3.63, 3.8) is 0 Å². The topological polar surface area (TPSA) is 94.1 Å². The van der Waals surface area contributed by atoms with Gasteiger partial charge in [-0.15, -0.1) is 11.3 Å². The Morgan fingerprint density at radius 2 is 1.92 bits per heavy atom. The SMILES string of the molecule is CC1(c2nc(-c3cccc(NS(=O)(=O)CCC(F)(F)F)c3F)c(-c3ccnc(Cl)n3)s2)CCOCC1. The van der Waals surface area contributed by atoms with Crippen molar-refractivity contribution in [2.75, 3.05) is 23.7 Å². The van der Waals surface area contributed by atoms with Crippen molar-refractivity contribution in [1.29, 1.82) is 0 Å². The third-order valence-electron chi connectivity index (χ3n) is 5.77. The predicted octanol–water partition coefficient (Wildman–Crippen LogP) is 5.82. The molecule has 36 heavy (non-hydrogen) atoms. The summed E-state index contributed by atoms with van der Waals surface area (Å²) >= 11 is 7.30. The first-order valence-corrected chi connectivity index (χ1v) is 13.7. The van der Waals surface area contributed by atoms with E-state index in [1.54, 1.807) is 6.07 Å². The van der Waals surface area contributed by atoms with E-state index < -0.39 is 39.9 Å². The molecule has 4 rings (SSSR count). The Hall–Kier alpha value is -2.35. The van der Waals surface area contributed by atoms with Crippen LogP contribution in [0, 0.1) is 5.82 Å². The summed E-state index contributed by atoms with van der Waals surface area (Å²) in [6.45, 7) is 3.13. The number of halogens is 5. The molecule has 194 valence electrons. The van der Waals surface area contributed by atoms with E-state index in [2.05, 4.69) is 9.97 Å². The summed E-state index contributed by atoms with van der Waals surface area (Å²) in [7, 11) is -4.46. The van der Waals surface area contributed by atoms with Crippen LogP contribution in [0.3, 0.4) is 0 Å². The Bertz CT molecular complexity index is 1360. The number of nitrogens with zero attached hydrogens (tertiary/aromatic N) is 3. The van der Waals surface area contributed by atoms with E-state index >= 15 is 4.39 Å². The maximum atomic E-state index is 15.6. The van der Waals surface area contributed by atoms with Gasteiger partial charge in [-0.2, -0.15) is 13.2 Å². The van der Waals surface area contributed by atoms with Crippen LogP contribution in [0.4, 0.5) is 23.2 Å². The van der Waals surface area contributed by atoms with Gasteiger partial charge in [0.2, 0.25) is 15.3 Å². The first-order valence-electron chi connectivity index (χ1n) is 10.8. The van der Waals surface area contributed by atoms with Gasteiger partial charge in [0.05, 0.1) is 39.1 Å². The molecule has 3 heterocycles. The molecule has 0 unspecified atom stereocenters. The lowest BCUT2D eigenvalue weighted by atomic mass is 9.83. The van der Waals surface area contributed by atoms with Crippen LogP contribution >= 0.6 is 22.9 Å². The van der Waals surface area contributed by atoms with E-state index in [1.165, 1.54) is 29.7 Å². The van der Waals surface area contributed by atoms with Crippen LogP contribution in [0.1, 0.15) is 31.2 Å². The van der Waals surface area contributed by atoms with E-state index in [-0.39, 0.29) is 22.0 Å². The molecule has 0 spiro atoms. The minimum Gasteiger partial charge on any atom is -0.381 e. The lowest BCUT2D eigenvalue weighted by Crippen LogP contribution is -2.30. The number of alkyl halides is 3. The molecule has 7 nitrogen and oxygen atoms in total. The van der Waals surface area contributed by atoms with Crippen LogP contribution in [0.15, 0.2) is 30.5 Å². The van der Waals surface area contributed by atoms with Crippen molar-refractivity contribution in [1.82, 2.24) is 15.0 Å². The molecule has 14 heteroatoms. The van der Waals surface area contributed by atoms with Gasteiger partial charge in [0.15, 0.2) is 5.82 Å². The first kappa shape index (κ1) is 26.7. The highest BCUT2D eigenvalue weighted by Crippen LogP contribution is 2.44. The normalized spacial score (nSPS) is 16.2. The zero-order valence-electron chi connectivity index (χ0n) is 18.9. The number of thiazole rings is 1. The van der Waals surface area contributed by atoms with Gasteiger partial charge in [0.1, 0.15) is 0 Å². The minimum atomic E-state index is -4.67. The monoisotopic (exact) mass is 564 g/mol. The fourth-order valence-corrected chi connectivity index (χ4v) is 6.19. The predicted molar refractivity (Wildman–Crippen MR) is 129 cm³/mol. The quantitative estimate of drug-likeness (QED) is 0.287. The maximum absolute atomic E-state index is 15.6. The molecule has 0 bridgehead atoms. The number of rotatable bonds is 7. The number of anilines is 1. The van der Waals surface area contributed by atoms with Crippen LogP contribution in [-0.4, -0.2) is 48.5 Å². The van der Waals surface area contributed by atoms with Crippen molar-refractivity contribution in [2.45, 2.75) is 37.8 Å². The Kier molecular flexibility index (Phi) is 7.56. The molecule has 1 N–H and O–H groups in total. The highest BCUT2D eigenvalue weighted by atomic mass is 35.5. The first-order chi connectivity index (χ1) is 16.9. The number of hydrogen-bond acceptors (Lipinski definition) is 7. The van der Waals surface area contributed by atoms with Crippen molar-refractivity contribution >= 4 is 38.6 Å². The van der Waals surface area contributed by atoms with Crippen LogP contribution in [0.5, 0.6) is 0 Å². The summed E-state index contributed by atoms with van der Waals surface area (Å²) in [4.78, 5) is 13.3. The molecule has 1 aliphatic rings. The van der Waals surface area contributed by atoms with Gasteiger partial charge >= 0.3 is 6.18 Å². The summed E-state index contributed by atoms with van der Waals surface area (Å²) in [6, 6.07) is 5.55. The van der Waals surface area contributed by atoms with Crippen LogP contribution in [0.2, 0.25) is 5.28 Å². The Labute approximate surface area is 214 Å². The van der Waals surface area contributed by atoms with Gasteiger partial charge in [-0.1, -0.05) is 13.0 Å². The van der Waals surface area contributed by atoms with Crippen molar-refractivity contribution in [3.8, 4) is 21.8 Å². The molecular weight excluding hydrogens is 544 g/mol. The third kappa shape index (κ3) is 6.13. The highest BCUT2D eigenvalue weighted by molar-refractivity contribution is 7.92. The average molecular weight is 565 g/mol. The number of hydrogen-bond donors (Lipinski definition) is 1. The van der Waals surface area contributed by atoms with Gasteiger partial charge < -0.3 is 4.74 Å². The van der Waals surface area contributed by atoms with E-state index in [9.17, 15) is 21.6 Å². The van der Waals surface area contributed by atoms with E-state index in [0.29, 0.717) is 36.6 Å². The van der Waals surface area contributed by atoms with E-state index in [1.807, 2.05) is 11.6 Å². The van der Waals surface area contributed by atoms with Gasteiger partial charge in [0.25, 0.3) is 0 Å². The number of sulfonamides is 1. The van der Waals surface area contributed by atoms with Crippen molar-refractivity contribution in [2.24, 2.45) is 0 Å². The maximum Gasteiger partial charge on any atom is 0.390 e. The van der Waals surface area contributed by atoms with E-state index in [0.717, 1.165) is 11.1 Å². The lowest BCUT2D eigenvalue weighted by molar-refractivity contribution is -0.129. The smallest absolute Gasteiger partial charge is 0.381 e. The van der Waals surface area contributed by atoms with Crippen LogP contribution < -0.4 is 4.72 Å². The molecule has 0 amide bonds. The Morgan fingerprint density at radius 1 is 1.19 bits per heavy atom. The van der Waals surface area contributed by atoms with Crippen LogP contribution in [-0.2, 0) is 20.2 Å². The second kappa shape index (κ2) is 10.2. The van der Waals surface area contributed by atoms with E-state index in [4.69, 9.17) is 21.3 Å². The zero-order valence-corrected chi connectivity index (χ0v) is 21.3. The fraction of sp³-hybridized carbons (Fsp3) is 0.409. The number of benzene rings is 1. The highest BCUT2D eigenvalue weighted by Gasteiger charge is 2.35. The fourth-order valence-electron chi connectivity index (χ4n) is 3.69. The Balaban J connectivity index is 1.78. The molecule has 1 fully saturated rings. The molecule has 1 aromatic carbocycles. The molecule has 3 aromatic rings. The summed E-state index contributed by atoms with van der Waals surface area (Å²) in [5.74, 6) is -2.20. The number of nitrogens with one attached hydrogen (secondary N) is 1. The minimum absolute atomic E-state index is 0.0164. The van der Waals surface area contributed by atoms with Crippen molar-refractivity contribution in [3.05, 3.63) is 46.6 Å². The second-order valence-electron chi connectivity index (χ2n) is 8.53. The molecule has 2 aromatic heterocycles. The molecule has 0 atom stereocenters. The number of aromatic nitrogens is 3. The Morgan fingerprint density at radius 3 is 2.58 bits per heavy atom. The summed E-state index contributed by atoms with van der Waals surface area (Å²) < 4.78 is 84.9. The summed E-state index contributed by atoms with van der Waals surface area (Å²) in [5.41, 5.74) is -0.228. The van der Waals surface area contributed by atoms with Gasteiger partial charge in [-0.25, -0.2) is 27.8 Å².